The van der Waals surface area contributed by atoms with Crippen LogP contribution in [0.1, 0.15) is 50.0 Å². The third-order valence-corrected chi connectivity index (χ3v) is 4.81. The van der Waals surface area contributed by atoms with Gasteiger partial charge in [0.05, 0.1) is 13.2 Å². The van der Waals surface area contributed by atoms with Crippen LogP contribution in [0.25, 0.3) is 0 Å². The Kier molecular flexibility index (Phi) is 5.86. The molecular formula is C18H28N4O3. The first-order valence-corrected chi connectivity index (χ1v) is 9.33. The fourth-order valence-electron chi connectivity index (χ4n) is 3.49. The van der Waals surface area contributed by atoms with E-state index in [0.717, 1.165) is 57.7 Å². The van der Waals surface area contributed by atoms with Gasteiger partial charge >= 0.3 is 0 Å². The highest BCUT2D eigenvalue weighted by Gasteiger charge is 2.40. The Morgan fingerprint density at radius 1 is 1.12 bits per heavy atom. The highest BCUT2D eigenvalue weighted by atomic mass is 16.7. The molecule has 25 heavy (non-hydrogen) atoms. The van der Waals surface area contributed by atoms with E-state index in [0.29, 0.717) is 18.9 Å². The van der Waals surface area contributed by atoms with Crippen LogP contribution in [0.4, 0.5) is 5.82 Å². The molecule has 3 rings (SSSR count). The molecule has 2 fully saturated rings. The predicted octanol–water partition coefficient (Wildman–Crippen LogP) is 2.08. The lowest BCUT2D eigenvalue weighted by Gasteiger charge is -2.37. The summed E-state index contributed by atoms with van der Waals surface area (Å²) >= 11 is 0. The Morgan fingerprint density at radius 2 is 1.76 bits per heavy atom. The van der Waals surface area contributed by atoms with Gasteiger partial charge in [0.1, 0.15) is 0 Å². The molecule has 138 valence electrons. The van der Waals surface area contributed by atoms with E-state index in [9.17, 15) is 4.79 Å². The molecule has 0 unspecified atom stereocenters. The number of piperidine rings is 1. The van der Waals surface area contributed by atoms with Crippen molar-refractivity contribution in [2.24, 2.45) is 0 Å². The van der Waals surface area contributed by atoms with Crippen LogP contribution in [0, 0.1) is 0 Å². The third-order valence-electron chi connectivity index (χ3n) is 4.81. The maximum Gasteiger partial charge on any atom is 0.274 e. The Hall–Kier alpha value is -1.73. The van der Waals surface area contributed by atoms with Gasteiger partial charge in [-0.25, -0.2) is 0 Å². The van der Waals surface area contributed by atoms with Gasteiger partial charge < -0.3 is 19.3 Å². The van der Waals surface area contributed by atoms with Gasteiger partial charge in [0.25, 0.3) is 5.91 Å². The van der Waals surface area contributed by atoms with Gasteiger partial charge in [-0.15, -0.1) is 10.2 Å². The van der Waals surface area contributed by atoms with Crippen molar-refractivity contribution in [1.29, 1.82) is 0 Å². The van der Waals surface area contributed by atoms with Crippen molar-refractivity contribution in [3.8, 4) is 0 Å². The normalized spacial score (nSPS) is 19.4. The zero-order valence-electron chi connectivity index (χ0n) is 15.2. The van der Waals surface area contributed by atoms with Crippen LogP contribution in [0.5, 0.6) is 0 Å². The van der Waals surface area contributed by atoms with Gasteiger partial charge in [-0.3, -0.25) is 4.79 Å². The van der Waals surface area contributed by atoms with E-state index in [-0.39, 0.29) is 11.7 Å². The van der Waals surface area contributed by atoms with E-state index in [1.54, 1.807) is 6.07 Å². The topological polar surface area (TPSA) is 67.8 Å². The smallest absolute Gasteiger partial charge is 0.274 e. The largest absolute Gasteiger partial charge is 0.355 e. The third kappa shape index (κ3) is 4.10. The molecule has 1 amide bonds. The van der Waals surface area contributed by atoms with Crippen LogP contribution in [0.15, 0.2) is 12.1 Å². The standard InChI is InChI=1S/C18H28N4O3/c1-3-9-22(10-4-2)17(23)15-5-6-16(20-19-15)21-11-7-18(8-12-21)24-13-14-25-18/h5-6H,3-4,7-14H2,1-2H3. The molecule has 2 aliphatic rings. The lowest BCUT2D eigenvalue weighted by atomic mass is 10.0. The zero-order valence-corrected chi connectivity index (χ0v) is 15.2. The van der Waals surface area contributed by atoms with Crippen LogP contribution in [-0.4, -0.2) is 66.2 Å². The number of anilines is 1. The number of hydrogen-bond donors (Lipinski definition) is 0. The summed E-state index contributed by atoms with van der Waals surface area (Å²) < 4.78 is 11.5. The molecule has 7 heteroatoms. The summed E-state index contributed by atoms with van der Waals surface area (Å²) in [5, 5.41) is 8.47. The highest BCUT2D eigenvalue weighted by Crippen LogP contribution is 2.32. The molecule has 1 aromatic heterocycles. The van der Waals surface area contributed by atoms with Crippen molar-refractivity contribution in [3.05, 3.63) is 17.8 Å². The average Bonchev–Trinajstić information content (AvgIpc) is 3.10. The van der Waals surface area contributed by atoms with Crippen LogP contribution in [0.2, 0.25) is 0 Å². The first kappa shape index (κ1) is 18.1. The summed E-state index contributed by atoms with van der Waals surface area (Å²) in [6, 6.07) is 3.68. The molecule has 0 N–H and O–H groups in total. The van der Waals surface area contributed by atoms with Crippen molar-refractivity contribution in [1.82, 2.24) is 15.1 Å². The second kappa shape index (κ2) is 8.10. The Morgan fingerprint density at radius 3 is 2.28 bits per heavy atom. The number of nitrogens with zero attached hydrogens (tertiary/aromatic N) is 4. The summed E-state index contributed by atoms with van der Waals surface area (Å²) in [5.74, 6) is 0.385. The van der Waals surface area contributed by atoms with Gasteiger partial charge in [-0.1, -0.05) is 13.8 Å². The molecule has 0 saturated carbocycles. The molecular weight excluding hydrogens is 320 g/mol. The minimum atomic E-state index is -0.388. The van der Waals surface area contributed by atoms with Crippen molar-refractivity contribution in [3.63, 3.8) is 0 Å². The molecule has 0 aliphatic carbocycles. The van der Waals surface area contributed by atoms with Crippen LogP contribution in [-0.2, 0) is 9.47 Å². The molecule has 2 aliphatic heterocycles. The van der Waals surface area contributed by atoms with Crippen molar-refractivity contribution < 1.29 is 14.3 Å². The van der Waals surface area contributed by atoms with E-state index < -0.39 is 0 Å². The Labute approximate surface area is 149 Å². The summed E-state index contributed by atoms with van der Waals surface area (Å²) in [5.41, 5.74) is 0.418. The van der Waals surface area contributed by atoms with E-state index in [4.69, 9.17) is 9.47 Å². The number of aromatic nitrogens is 2. The van der Waals surface area contributed by atoms with E-state index in [2.05, 4.69) is 28.9 Å². The molecule has 2 saturated heterocycles. The second-order valence-electron chi connectivity index (χ2n) is 6.66. The molecule has 1 aromatic rings. The van der Waals surface area contributed by atoms with E-state index in [1.807, 2.05) is 11.0 Å². The number of amides is 1. The number of hydrogen-bond acceptors (Lipinski definition) is 6. The van der Waals surface area contributed by atoms with Crippen LogP contribution >= 0.6 is 0 Å². The second-order valence-corrected chi connectivity index (χ2v) is 6.66. The minimum absolute atomic E-state index is 0.0342. The maximum absolute atomic E-state index is 12.6. The van der Waals surface area contributed by atoms with Crippen molar-refractivity contribution in [2.45, 2.75) is 45.3 Å². The lowest BCUT2D eigenvalue weighted by Crippen LogP contribution is -2.45. The molecule has 0 atom stereocenters. The Balaban J connectivity index is 1.61. The summed E-state index contributed by atoms with van der Waals surface area (Å²) in [4.78, 5) is 16.6. The van der Waals surface area contributed by atoms with E-state index >= 15 is 0 Å². The maximum atomic E-state index is 12.6. The highest BCUT2D eigenvalue weighted by molar-refractivity contribution is 5.92. The van der Waals surface area contributed by atoms with Gasteiger partial charge in [-0.05, 0) is 25.0 Å². The number of carbonyl (C=O) groups is 1. The Bertz CT molecular complexity index is 556. The zero-order chi connectivity index (χ0) is 17.7. The van der Waals surface area contributed by atoms with Crippen molar-refractivity contribution in [2.75, 3.05) is 44.3 Å². The quantitative estimate of drug-likeness (QED) is 0.784. The summed E-state index contributed by atoms with van der Waals surface area (Å²) in [6.07, 6.45) is 3.54. The first-order valence-electron chi connectivity index (χ1n) is 9.33. The fourth-order valence-corrected chi connectivity index (χ4v) is 3.49. The van der Waals surface area contributed by atoms with E-state index in [1.165, 1.54) is 0 Å². The number of carbonyl (C=O) groups excluding carboxylic acids is 1. The molecule has 7 nitrogen and oxygen atoms in total. The predicted molar refractivity (Wildman–Crippen MR) is 94.6 cm³/mol. The monoisotopic (exact) mass is 348 g/mol. The van der Waals surface area contributed by atoms with Crippen LogP contribution in [0.3, 0.4) is 0 Å². The average molecular weight is 348 g/mol. The lowest BCUT2D eigenvalue weighted by molar-refractivity contribution is -0.169. The molecule has 0 aromatic carbocycles. The number of ether oxygens (including phenoxy) is 2. The van der Waals surface area contributed by atoms with Crippen molar-refractivity contribution >= 4 is 11.7 Å². The fraction of sp³-hybridized carbons (Fsp3) is 0.722. The van der Waals surface area contributed by atoms with Gasteiger partial charge in [0, 0.05) is 39.0 Å². The summed E-state index contributed by atoms with van der Waals surface area (Å²) in [6.45, 7) is 8.66. The van der Waals surface area contributed by atoms with Gasteiger partial charge in [0.15, 0.2) is 17.3 Å². The summed E-state index contributed by atoms with van der Waals surface area (Å²) in [7, 11) is 0. The van der Waals surface area contributed by atoms with Gasteiger partial charge in [-0.2, -0.15) is 0 Å². The molecule has 1 spiro atoms. The molecule has 3 heterocycles. The number of rotatable bonds is 6. The first-order chi connectivity index (χ1) is 12.2. The minimum Gasteiger partial charge on any atom is -0.355 e. The molecule has 0 bridgehead atoms. The van der Waals surface area contributed by atoms with Gasteiger partial charge in [0.2, 0.25) is 0 Å². The molecule has 0 radical (unpaired) electrons. The van der Waals surface area contributed by atoms with Crippen LogP contribution < -0.4 is 4.90 Å². The SMILES string of the molecule is CCCN(CCC)C(=O)c1ccc(N2CCC3(CC2)OCCO3)nn1.